The highest BCUT2D eigenvalue weighted by Crippen LogP contribution is 2.02. The molecule has 0 saturated carbocycles. The Kier molecular flexibility index (Phi) is 4.37. The first-order chi connectivity index (χ1) is 9.81. The topological polar surface area (TPSA) is 72.3 Å². The summed E-state index contributed by atoms with van der Waals surface area (Å²) in [4.78, 5) is 0. The Morgan fingerprint density at radius 3 is 1.30 bits per heavy atom. The molecule has 0 heterocycles. The van der Waals surface area contributed by atoms with Gasteiger partial charge in [-0.15, -0.1) is 0 Å². The Balaban J connectivity index is 1.99. The molecule has 0 unspecified atom stereocenters. The van der Waals surface area contributed by atoms with Crippen molar-refractivity contribution in [3.8, 4) is 12.1 Å². The molecule has 0 radical (unpaired) electrons. The van der Waals surface area contributed by atoms with Crippen LogP contribution in [0.2, 0.25) is 0 Å². The first-order valence-electron chi connectivity index (χ1n) is 5.88. The highest BCUT2D eigenvalue weighted by Gasteiger charge is 1.90. The van der Waals surface area contributed by atoms with E-state index in [1.807, 2.05) is 0 Å². The van der Waals surface area contributed by atoms with Gasteiger partial charge in [0, 0.05) is 0 Å². The maximum Gasteiger partial charge on any atom is 0.0991 e. The van der Waals surface area contributed by atoms with E-state index in [9.17, 15) is 0 Å². The van der Waals surface area contributed by atoms with Crippen molar-refractivity contribution in [2.45, 2.75) is 0 Å². The largest absolute Gasteiger partial charge is 0.192 e. The normalized spacial score (nSPS) is 10.5. The Morgan fingerprint density at radius 2 is 1.00 bits per heavy atom. The van der Waals surface area contributed by atoms with Gasteiger partial charge in [0.1, 0.15) is 0 Å². The summed E-state index contributed by atoms with van der Waals surface area (Å²) < 4.78 is 0. The minimum absolute atomic E-state index is 0.614. The van der Waals surface area contributed by atoms with Crippen LogP contribution < -0.4 is 0 Å². The van der Waals surface area contributed by atoms with Gasteiger partial charge < -0.3 is 0 Å². The number of benzene rings is 2. The lowest BCUT2D eigenvalue weighted by atomic mass is 10.2. The summed E-state index contributed by atoms with van der Waals surface area (Å²) in [6, 6.07) is 18.2. The summed E-state index contributed by atoms with van der Waals surface area (Å²) in [6.07, 6.45) is 3.22. The smallest absolute Gasteiger partial charge is 0.0991 e. The van der Waals surface area contributed by atoms with Crippen molar-refractivity contribution in [3.63, 3.8) is 0 Å². The summed E-state index contributed by atoms with van der Waals surface area (Å²) in [5.74, 6) is 0. The molecule has 0 aromatic heterocycles. The van der Waals surface area contributed by atoms with Crippen LogP contribution in [0, 0.1) is 22.7 Å². The Morgan fingerprint density at radius 1 is 0.650 bits per heavy atom. The predicted octanol–water partition coefficient (Wildman–Crippen LogP) is 2.88. The van der Waals surface area contributed by atoms with Gasteiger partial charge in [-0.25, -0.2) is 0 Å². The van der Waals surface area contributed by atoms with Gasteiger partial charge in [-0.3, -0.25) is 0 Å². The molecule has 0 amide bonds. The minimum Gasteiger partial charge on any atom is -0.192 e. The Hall–Kier alpha value is -3.24. The minimum atomic E-state index is 0.614. The quantitative estimate of drug-likeness (QED) is 0.627. The van der Waals surface area contributed by atoms with Gasteiger partial charge in [-0.05, 0) is 35.4 Å². The number of nitrogens with zero attached hydrogens (tertiary/aromatic N) is 4. The highest BCUT2D eigenvalue weighted by molar-refractivity contribution is 5.82. The Labute approximate surface area is 116 Å². The zero-order valence-corrected chi connectivity index (χ0v) is 10.6. The number of hydrogen-bond donors (Lipinski definition) is 0. The molecular weight excluding hydrogens is 248 g/mol. The van der Waals surface area contributed by atoms with Gasteiger partial charge in [-0.2, -0.15) is 20.7 Å². The highest BCUT2D eigenvalue weighted by atomic mass is 15.2. The van der Waals surface area contributed by atoms with Crippen molar-refractivity contribution in [3.05, 3.63) is 70.8 Å². The van der Waals surface area contributed by atoms with Gasteiger partial charge in [0.05, 0.1) is 35.7 Å². The molecule has 0 spiro atoms. The van der Waals surface area contributed by atoms with Crippen molar-refractivity contribution < 1.29 is 0 Å². The molecule has 94 valence electrons. The Bertz CT molecular complexity index is 646. The molecule has 0 aliphatic heterocycles. The summed E-state index contributed by atoms with van der Waals surface area (Å²) in [5.41, 5.74) is 2.98. The third kappa shape index (κ3) is 3.63. The molecule has 20 heavy (non-hydrogen) atoms. The van der Waals surface area contributed by atoms with Gasteiger partial charge >= 0.3 is 0 Å². The molecular formula is C16H10N4. The van der Waals surface area contributed by atoms with Crippen LogP contribution in [-0.4, -0.2) is 12.4 Å². The SMILES string of the molecule is N#Cc1ccc(C=NN=Cc2ccc(C#N)cc2)cc1. The van der Waals surface area contributed by atoms with Crippen molar-refractivity contribution >= 4 is 12.4 Å². The molecule has 2 rings (SSSR count). The van der Waals surface area contributed by atoms with E-state index in [0.29, 0.717) is 11.1 Å². The second kappa shape index (κ2) is 6.63. The third-order valence-corrected chi connectivity index (χ3v) is 2.56. The van der Waals surface area contributed by atoms with Crippen molar-refractivity contribution in [2.75, 3.05) is 0 Å². The maximum atomic E-state index is 8.68. The zero-order chi connectivity index (χ0) is 14.2. The molecule has 4 nitrogen and oxygen atoms in total. The summed E-state index contributed by atoms with van der Waals surface area (Å²) >= 11 is 0. The molecule has 0 saturated heterocycles. The van der Waals surface area contributed by atoms with Crippen LogP contribution in [0.1, 0.15) is 22.3 Å². The van der Waals surface area contributed by atoms with E-state index in [0.717, 1.165) is 11.1 Å². The van der Waals surface area contributed by atoms with Gasteiger partial charge in [-0.1, -0.05) is 24.3 Å². The average molecular weight is 258 g/mol. The van der Waals surface area contributed by atoms with Gasteiger partial charge in [0.2, 0.25) is 0 Å². The van der Waals surface area contributed by atoms with Crippen LogP contribution >= 0.6 is 0 Å². The molecule has 2 aromatic carbocycles. The standard InChI is InChI=1S/C16H10N4/c17-9-13-1-5-15(6-2-13)11-19-20-12-16-7-3-14(10-18)4-8-16/h1-8,11-12H. The summed E-state index contributed by atoms with van der Waals surface area (Å²) in [5, 5.41) is 25.2. The number of hydrogen-bond acceptors (Lipinski definition) is 4. The van der Waals surface area contributed by atoms with E-state index >= 15 is 0 Å². The van der Waals surface area contributed by atoms with Crippen LogP contribution in [0.3, 0.4) is 0 Å². The lowest BCUT2D eigenvalue weighted by molar-refractivity contribution is 1.26. The van der Waals surface area contributed by atoms with E-state index in [2.05, 4.69) is 22.3 Å². The van der Waals surface area contributed by atoms with Crippen LogP contribution in [0.5, 0.6) is 0 Å². The molecule has 0 fully saturated rings. The van der Waals surface area contributed by atoms with Crippen molar-refractivity contribution in [2.24, 2.45) is 10.2 Å². The van der Waals surface area contributed by atoms with Crippen molar-refractivity contribution in [1.29, 1.82) is 10.5 Å². The molecule has 2 aromatic rings. The van der Waals surface area contributed by atoms with E-state index < -0.39 is 0 Å². The monoisotopic (exact) mass is 258 g/mol. The second-order valence-corrected chi connectivity index (χ2v) is 3.96. The molecule has 0 N–H and O–H groups in total. The number of nitriles is 2. The second-order valence-electron chi connectivity index (χ2n) is 3.96. The predicted molar refractivity (Wildman–Crippen MR) is 77.5 cm³/mol. The van der Waals surface area contributed by atoms with Crippen LogP contribution in [0.15, 0.2) is 58.7 Å². The summed E-state index contributed by atoms with van der Waals surface area (Å²) in [7, 11) is 0. The van der Waals surface area contributed by atoms with E-state index in [-0.39, 0.29) is 0 Å². The van der Waals surface area contributed by atoms with E-state index in [1.165, 1.54) is 0 Å². The van der Waals surface area contributed by atoms with Gasteiger partial charge in [0.25, 0.3) is 0 Å². The maximum absolute atomic E-state index is 8.68. The lowest BCUT2D eigenvalue weighted by Crippen LogP contribution is -1.82. The lowest BCUT2D eigenvalue weighted by Gasteiger charge is -1.92. The first kappa shape index (κ1) is 13.2. The van der Waals surface area contributed by atoms with Crippen LogP contribution in [0.4, 0.5) is 0 Å². The van der Waals surface area contributed by atoms with Gasteiger partial charge in [0.15, 0.2) is 0 Å². The summed E-state index contributed by atoms with van der Waals surface area (Å²) in [6.45, 7) is 0. The molecule has 0 aliphatic carbocycles. The van der Waals surface area contributed by atoms with E-state index in [1.54, 1.807) is 61.0 Å². The van der Waals surface area contributed by atoms with Crippen molar-refractivity contribution in [1.82, 2.24) is 0 Å². The van der Waals surface area contributed by atoms with Crippen LogP contribution in [0.25, 0.3) is 0 Å². The molecule has 4 heteroatoms. The molecule has 0 atom stereocenters. The fraction of sp³-hybridized carbons (Fsp3) is 0. The fourth-order valence-electron chi connectivity index (χ4n) is 1.49. The molecule has 0 aliphatic rings. The first-order valence-corrected chi connectivity index (χ1v) is 5.88. The zero-order valence-electron chi connectivity index (χ0n) is 10.6. The number of rotatable bonds is 3. The van der Waals surface area contributed by atoms with Crippen LogP contribution in [-0.2, 0) is 0 Å². The fourth-order valence-corrected chi connectivity index (χ4v) is 1.49. The van der Waals surface area contributed by atoms with E-state index in [4.69, 9.17) is 10.5 Å². The third-order valence-electron chi connectivity index (χ3n) is 2.56. The average Bonchev–Trinajstić information content (AvgIpc) is 2.53. The molecule has 0 bridgehead atoms.